The molecule has 2 atom stereocenters. The number of nitrogens with zero attached hydrogens (tertiary/aromatic N) is 1. The normalized spacial score (nSPS) is 13.9. The van der Waals surface area contributed by atoms with E-state index in [1.807, 2.05) is 30.3 Å². The first kappa shape index (κ1) is 18.7. The number of hydrogen-bond donors (Lipinski definition) is 0. The summed E-state index contributed by atoms with van der Waals surface area (Å²) in [4.78, 5) is 14.8. The lowest BCUT2D eigenvalue weighted by atomic mass is 9.84. The Kier molecular flexibility index (Phi) is 8.83. The lowest BCUT2D eigenvalue weighted by Crippen LogP contribution is -2.30. The molecule has 0 aliphatic heterocycles. The molecule has 0 radical (unpaired) electrons. The van der Waals surface area contributed by atoms with Crippen molar-refractivity contribution in [3.8, 4) is 0 Å². The van der Waals surface area contributed by atoms with Gasteiger partial charge < -0.3 is 9.64 Å². The van der Waals surface area contributed by atoms with Gasteiger partial charge in [0.15, 0.2) is 0 Å². The molecular weight excluding hydrogens is 274 g/mol. The summed E-state index contributed by atoms with van der Waals surface area (Å²) in [6.07, 6.45) is 2.11. The van der Waals surface area contributed by atoms with Crippen LogP contribution >= 0.6 is 0 Å². The third kappa shape index (κ3) is 5.80. The molecule has 0 spiro atoms. The third-order valence-electron chi connectivity index (χ3n) is 4.27. The molecule has 0 saturated carbocycles. The molecule has 3 nitrogen and oxygen atoms in total. The van der Waals surface area contributed by atoms with Gasteiger partial charge in [0.2, 0.25) is 0 Å². The Labute approximate surface area is 135 Å². The molecule has 22 heavy (non-hydrogen) atoms. The van der Waals surface area contributed by atoms with Gasteiger partial charge >= 0.3 is 5.97 Å². The largest absolute Gasteiger partial charge is 0.464 e. The van der Waals surface area contributed by atoms with Crippen molar-refractivity contribution in [1.29, 1.82) is 0 Å². The molecule has 0 bridgehead atoms. The zero-order valence-electron chi connectivity index (χ0n) is 14.5. The van der Waals surface area contributed by atoms with E-state index in [-0.39, 0.29) is 11.9 Å². The zero-order valence-corrected chi connectivity index (χ0v) is 14.5. The SMILES string of the molecule is CCCC(C)C(C(=O)OCCN(CC)CC)c1ccccc1. The van der Waals surface area contributed by atoms with Crippen LogP contribution in [0.15, 0.2) is 30.3 Å². The van der Waals surface area contributed by atoms with E-state index in [0.29, 0.717) is 12.5 Å². The number of likely N-dealkylation sites (N-methyl/N-ethyl adjacent to an activating group) is 1. The van der Waals surface area contributed by atoms with Crippen LogP contribution in [0.1, 0.15) is 52.0 Å². The van der Waals surface area contributed by atoms with Crippen molar-refractivity contribution in [2.75, 3.05) is 26.2 Å². The predicted molar refractivity (Wildman–Crippen MR) is 92.0 cm³/mol. The molecule has 2 unspecified atom stereocenters. The second-order valence-corrected chi connectivity index (χ2v) is 5.85. The van der Waals surface area contributed by atoms with Gasteiger partial charge in [-0.05, 0) is 31.0 Å². The fraction of sp³-hybridized carbons (Fsp3) is 0.632. The van der Waals surface area contributed by atoms with Crippen LogP contribution in [0.2, 0.25) is 0 Å². The molecule has 1 aromatic carbocycles. The Balaban J connectivity index is 2.68. The van der Waals surface area contributed by atoms with Gasteiger partial charge in [-0.2, -0.15) is 0 Å². The highest BCUT2D eigenvalue weighted by atomic mass is 16.5. The highest BCUT2D eigenvalue weighted by Gasteiger charge is 2.27. The van der Waals surface area contributed by atoms with Gasteiger partial charge in [0.25, 0.3) is 0 Å². The van der Waals surface area contributed by atoms with Crippen molar-refractivity contribution in [2.45, 2.75) is 46.5 Å². The summed E-state index contributed by atoms with van der Waals surface area (Å²) in [5.41, 5.74) is 1.07. The Morgan fingerprint density at radius 2 is 1.77 bits per heavy atom. The molecule has 0 aliphatic rings. The molecule has 0 aliphatic carbocycles. The molecule has 0 heterocycles. The highest BCUT2D eigenvalue weighted by molar-refractivity contribution is 5.78. The van der Waals surface area contributed by atoms with E-state index in [2.05, 4.69) is 32.6 Å². The molecule has 0 aromatic heterocycles. The van der Waals surface area contributed by atoms with Crippen LogP contribution in [0.25, 0.3) is 0 Å². The van der Waals surface area contributed by atoms with Crippen LogP contribution in [-0.4, -0.2) is 37.1 Å². The van der Waals surface area contributed by atoms with Crippen LogP contribution in [-0.2, 0) is 9.53 Å². The average Bonchev–Trinajstić information content (AvgIpc) is 2.53. The Bertz CT molecular complexity index is 415. The van der Waals surface area contributed by atoms with Crippen LogP contribution in [0.3, 0.4) is 0 Å². The smallest absolute Gasteiger partial charge is 0.313 e. The summed E-state index contributed by atoms with van der Waals surface area (Å²) in [5, 5.41) is 0. The number of carbonyl (C=O) groups excluding carboxylic acids is 1. The first-order valence-electron chi connectivity index (χ1n) is 8.57. The van der Waals surface area contributed by atoms with Crippen LogP contribution in [0, 0.1) is 5.92 Å². The standard InChI is InChI=1S/C19H31NO2/c1-5-11-16(4)18(17-12-9-8-10-13-17)19(21)22-15-14-20(6-2)7-3/h8-10,12-13,16,18H,5-7,11,14-15H2,1-4H3. The Morgan fingerprint density at radius 1 is 1.14 bits per heavy atom. The summed E-state index contributed by atoms with van der Waals surface area (Å²) < 4.78 is 5.58. The number of carbonyl (C=O) groups is 1. The van der Waals surface area contributed by atoms with Gasteiger partial charge in [0, 0.05) is 6.54 Å². The van der Waals surface area contributed by atoms with Crippen molar-refractivity contribution in [2.24, 2.45) is 5.92 Å². The minimum absolute atomic E-state index is 0.0840. The van der Waals surface area contributed by atoms with E-state index in [4.69, 9.17) is 4.74 Å². The number of rotatable bonds is 10. The minimum atomic E-state index is -0.155. The number of esters is 1. The quantitative estimate of drug-likeness (QED) is 0.610. The van der Waals surface area contributed by atoms with Crippen LogP contribution in [0.5, 0.6) is 0 Å². The summed E-state index contributed by atoms with van der Waals surface area (Å²) in [7, 11) is 0. The fourth-order valence-electron chi connectivity index (χ4n) is 2.88. The fourth-order valence-corrected chi connectivity index (χ4v) is 2.88. The van der Waals surface area contributed by atoms with Crippen molar-refractivity contribution < 1.29 is 9.53 Å². The molecule has 0 fully saturated rings. The van der Waals surface area contributed by atoms with Gasteiger partial charge in [-0.25, -0.2) is 0 Å². The summed E-state index contributed by atoms with van der Waals surface area (Å²) in [6.45, 7) is 11.8. The zero-order chi connectivity index (χ0) is 16.4. The van der Waals surface area contributed by atoms with Crippen molar-refractivity contribution in [3.63, 3.8) is 0 Å². The lowest BCUT2D eigenvalue weighted by molar-refractivity contribution is -0.147. The average molecular weight is 305 g/mol. The van der Waals surface area contributed by atoms with Crippen molar-refractivity contribution in [3.05, 3.63) is 35.9 Å². The van der Waals surface area contributed by atoms with E-state index in [1.165, 1.54) is 0 Å². The maximum Gasteiger partial charge on any atom is 0.313 e. The maximum absolute atomic E-state index is 12.6. The highest BCUT2D eigenvalue weighted by Crippen LogP contribution is 2.29. The van der Waals surface area contributed by atoms with E-state index < -0.39 is 0 Å². The lowest BCUT2D eigenvalue weighted by Gasteiger charge is -2.24. The minimum Gasteiger partial charge on any atom is -0.464 e. The second kappa shape index (κ2) is 10.4. The monoisotopic (exact) mass is 305 g/mol. The maximum atomic E-state index is 12.6. The van der Waals surface area contributed by atoms with E-state index in [1.54, 1.807) is 0 Å². The molecule has 1 rings (SSSR count). The number of hydrogen-bond acceptors (Lipinski definition) is 3. The summed E-state index contributed by atoms with van der Waals surface area (Å²) in [5.74, 6) is 0.0607. The van der Waals surface area contributed by atoms with Crippen LogP contribution in [0.4, 0.5) is 0 Å². The molecule has 0 saturated heterocycles. The second-order valence-electron chi connectivity index (χ2n) is 5.85. The van der Waals surface area contributed by atoms with E-state index >= 15 is 0 Å². The van der Waals surface area contributed by atoms with Gasteiger partial charge in [-0.15, -0.1) is 0 Å². The first-order chi connectivity index (χ1) is 10.6. The van der Waals surface area contributed by atoms with Crippen molar-refractivity contribution in [1.82, 2.24) is 4.90 Å². The van der Waals surface area contributed by atoms with E-state index in [0.717, 1.165) is 38.0 Å². The topological polar surface area (TPSA) is 29.5 Å². The van der Waals surface area contributed by atoms with Gasteiger partial charge in [0.05, 0.1) is 5.92 Å². The van der Waals surface area contributed by atoms with E-state index in [9.17, 15) is 4.79 Å². The molecule has 0 N–H and O–H groups in total. The number of ether oxygens (including phenoxy) is 1. The molecular formula is C19H31NO2. The summed E-state index contributed by atoms with van der Waals surface area (Å²) >= 11 is 0. The molecule has 0 amide bonds. The summed E-state index contributed by atoms with van der Waals surface area (Å²) in [6, 6.07) is 10.0. The van der Waals surface area contributed by atoms with Crippen molar-refractivity contribution >= 4 is 5.97 Å². The van der Waals surface area contributed by atoms with Gasteiger partial charge in [-0.3, -0.25) is 4.79 Å². The van der Waals surface area contributed by atoms with Crippen LogP contribution < -0.4 is 0 Å². The molecule has 1 aromatic rings. The molecule has 124 valence electrons. The predicted octanol–water partition coefficient (Wildman–Crippen LogP) is 4.09. The number of benzene rings is 1. The third-order valence-corrected chi connectivity index (χ3v) is 4.27. The first-order valence-corrected chi connectivity index (χ1v) is 8.57. The molecule has 3 heteroatoms. The Morgan fingerprint density at radius 3 is 2.32 bits per heavy atom. The van der Waals surface area contributed by atoms with Gasteiger partial charge in [0.1, 0.15) is 6.61 Å². The van der Waals surface area contributed by atoms with Gasteiger partial charge in [-0.1, -0.05) is 64.4 Å². The Hall–Kier alpha value is -1.35.